The zero-order chi connectivity index (χ0) is 18.9. The second-order valence-corrected chi connectivity index (χ2v) is 8.59. The van der Waals surface area contributed by atoms with Crippen molar-refractivity contribution in [1.29, 1.82) is 0 Å². The maximum absolute atomic E-state index is 12.1. The van der Waals surface area contributed by atoms with Gasteiger partial charge in [-0.1, -0.05) is 0 Å². The Morgan fingerprint density at radius 2 is 2.19 bits per heavy atom. The lowest BCUT2D eigenvalue weighted by atomic mass is 10.1. The van der Waals surface area contributed by atoms with E-state index in [2.05, 4.69) is 5.32 Å². The van der Waals surface area contributed by atoms with E-state index in [0.29, 0.717) is 23.0 Å². The summed E-state index contributed by atoms with van der Waals surface area (Å²) < 4.78 is 33.2. The Hall–Kier alpha value is -2.55. The van der Waals surface area contributed by atoms with Crippen LogP contribution in [0.3, 0.4) is 0 Å². The Balaban J connectivity index is 1.56. The smallest absolute Gasteiger partial charge is 0.311 e. The molecule has 2 N–H and O–H groups in total. The number of rotatable bonds is 5. The molecule has 140 valence electrons. The van der Waals surface area contributed by atoms with Crippen molar-refractivity contribution >= 4 is 32.7 Å². The van der Waals surface area contributed by atoms with E-state index in [1.54, 1.807) is 6.07 Å². The minimum atomic E-state index is -3.10. The summed E-state index contributed by atoms with van der Waals surface area (Å²) in [6.45, 7) is 1.43. The van der Waals surface area contributed by atoms with Crippen molar-refractivity contribution in [2.75, 3.05) is 11.5 Å². The minimum absolute atomic E-state index is 0.0508. The van der Waals surface area contributed by atoms with E-state index in [1.165, 1.54) is 25.3 Å². The molecule has 1 fully saturated rings. The second-order valence-electron chi connectivity index (χ2n) is 6.36. The number of furan rings is 1. The minimum Gasteiger partial charge on any atom is -0.508 e. The molecule has 1 aliphatic heterocycles. The van der Waals surface area contributed by atoms with Crippen LogP contribution in [0.15, 0.2) is 28.9 Å². The Morgan fingerprint density at radius 3 is 2.88 bits per heavy atom. The normalized spacial score (nSPS) is 20.0. The number of ether oxygens (including phenoxy) is 1. The van der Waals surface area contributed by atoms with Crippen LogP contribution < -0.4 is 5.32 Å². The highest BCUT2D eigenvalue weighted by Gasteiger charge is 2.30. The predicted molar refractivity (Wildman–Crippen MR) is 92.3 cm³/mol. The second kappa shape index (κ2) is 6.99. The van der Waals surface area contributed by atoms with E-state index < -0.39 is 33.9 Å². The zero-order valence-electron chi connectivity index (χ0n) is 14.1. The molecule has 1 aromatic carbocycles. The predicted octanol–water partition coefficient (Wildman–Crippen LogP) is 0.916. The highest BCUT2D eigenvalue weighted by molar-refractivity contribution is 7.91. The third kappa shape index (κ3) is 4.16. The summed E-state index contributed by atoms with van der Waals surface area (Å²) >= 11 is 0. The number of esters is 1. The summed E-state index contributed by atoms with van der Waals surface area (Å²) in [4.78, 5) is 24.2. The molecule has 9 heteroatoms. The van der Waals surface area contributed by atoms with Crippen LogP contribution >= 0.6 is 0 Å². The van der Waals surface area contributed by atoms with Gasteiger partial charge in [-0.2, -0.15) is 0 Å². The molecule has 2 atom stereocenters. The van der Waals surface area contributed by atoms with E-state index in [9.17, 15) is 23.1 Å². The van der Waals surface area contributed by atoms with Gasteiger partial charge in [-0.15, -0.1) is 0 Å². The average Bonchev–Trinajstić information content (AvgIpc) is 3.09. The number of sulfone groups is 1. The number of carbonyl (C=O) groups is 2. The monoisotopic (exact) mass is 381 g/mol. The van der Waals surface area contributed by atoms with Gasteiger partial charge in [0.25, 0.3) is 5.91 Å². The Bertz CT molecular complexity index is 947. The number of aromatic hydroxyl groups is 1. The number of hydrogen-bond acceptors (Lipinski definition) is 7. The largest absolute Gasteiger partial charge is 0.508 e. The molecule has 3 rings (SSSR count). The average molecular weight is 381 g/mol. The van der Waals surface area contributed by atoms with Gasteiger partial charge < -0.3 is 19.6 Å². The van der Waals surface area contributed by atoms with Gasteiger partial charge in [-0.05, 0) is 25.5 Å². The number of benzene rings is 1. The fraction of sp³-hybridized carbons (Fsp3) is 0.412. The number of phenolic OH excluding ortho intramolecular Hbond substituents is 1. The van der Waals surface area contributed by atoms with Crippen LogP contribution in [0.1, 0.15) is 18.9 Å². The van der Waals surface area contributed by atoms with Gasteiger partial charge in [0, 0.05) is 23.1 Å². The third-order valence-corrected chi connectivity index (χ3v) is 6.00. The summed E-state index contributed by atoms with van der Waals surface area (Å²) in [6, 6.07) is 4.11. The van der Waals surface area contributed by atoms with E-state index >= 15 is 0 Å². The van der Waals surface area contributed by atoms with Gasteiger partial charge in [0.15, 0.2) is 15.9 Å². The summed E-state index contributed by atoms with van der Waals surface area (Å²) in [5.41, 5.74) is 1.03. The first-order chi connectivity index (χ1) is 12.2. The number of carbonyl (C=O) groups excluding carboxylic acids is 2. The molecule has 1 saturated heterocycles. The van der Waals surface area contributed by atoms with E-state index in [1.807, 2.05) is 0 Å². The lowest BCUT2D eigenvalue weighted by molar-refractivity contribution is -0.154. The number of fused-ring (bicyclic) bond motifs is 1. The first kappa shape index (κ1) is 18.2. The number of hydrogen-bond donors (Lipinski definition) is 2. The Labute approximate surface area is 150 Å². The SMILES string of the molecule is C[C@@H](OC(=O)Cc1coc2cc(O)ccc12)C(=O)N[C@@H]1CCS(=O)(=O)C1. The first-order valence-electron chi connectivity index (χ1n) is 8.13. The van der Waals surface area contributed by atoms with Crippen molar-refractivity contribution in [2.45, 2.75) is 31.9 Å². The highest BCUT2D eigenvalue weighted by atomic mass is 32.2. The molecule has 26 heavy (non-hydrogen) atoms. The highest BCUT2D eigenvalue weighted by Crippen LogP contribution is 2.25. The van der Waals surface area contributed by atoms with Crippen molar-refractivity contribution in [1.82, 2.24) is 5.32 Å². The van der Waals surface area contributed by atoms with Crippen LogP contribution in [0.25, 0.3) is 11.0 Å². The van der Waals surface area contributed by atoms with E-state index in [4.69, 9.17) is 9.15 Å². The van der Waals surface area contributed by atoms with Crippen LogP contribution in [0.2, 0.25) is 0 Å². The fourth-order valence-electron chi connectivity index (χ4n) is 2.88. The fourth-order valence-corrected chi connectivity index (χ4v) is 4.56. The molecule has 2 heterocycles. The lowest BCUT2D eigenvalue weighted by Crippen LogP contribution is -2.42. The van der Waals surface area contributed by atoms with E-state index in [-0.39, 0.29) is 23.7 Å². The molecule has 0 unspecified atom stereocenters. The van der Waals surface area contributed by atoms with Gasteiger partial charge in [0.2, 0.25) is 0 Å². The molecule has 8 nitrogen and oxygen atoms in total. The molecule has 0 bridgehead atoms. The molecule has 0 aliphatic carbocycles. The Morgan fingerprint density at radius 1 is 1.42 bits per heavy atom. The van der Waals surface area contributed by atoms with Crippen molar-refractivity contribution < 1.29 is 32.3 Å². The first-order valence-corrected chi connectivity index (χ1v) is 9.95. The number of phenols is 1. The van der Waals surface area contributed by atoms with Crippen LogP contribution in [0, 0.1) is 0 Å². The molecule has 2 aromatic rings. The molecule has 0 radical (unpaired) electrons. The molecule has 1 amide bonds. The topological polar surface area (TPSA) is 123 Å². The summed E-state index contributed by atoms with van der Waals surface area (Å²) in [5.74, 6) is -1.12. The van der Waals surface area contributed by atoms with Crippen molar-refractivity contribution in [2.24, 2.45) is 0 Å². The summed E-state index contributed by atoms with van der Waals surface area (Å²) in [5, 5.41) is 12.7. The molecular weight excluding hydrogens is 362 g/mol. The molecule has 1 aliphatic rings. The van der Waals surface area contributed by atoms with Crippen LogP contribution in [-0.2, 0) is 30.6 Å². The standard InChI is InChI=1S/C17H19NO7S/c1-10(17(21)18-12-4-5-26(22,23)9-12)25-16(20)6-11-8-24-15-7-13(19)2-3-14(11)15/h2-3,7-8,10,12,19H,4-6,9H2,1H3,(H,18,21)/t10-,12-/m1/s1. The number of amides is 1. The third-order valence-electron chi connectivity index (χ3n) is 4.23. The molecular formula is C17H19NO7S. The van der Waals surface area contributed by atoms with Gasteiger partial charge in [0.05, 0.1) is 24.2 Å². The molecule has 0 spiro atoms. The van der Waals surface area contributed by atoms with Crippen LogP contribution in [-0.4, -0.2) is 49.1 Å². The molecule has 1 aromatic heterocycles. The maximum atomic E-state index is 12.1. The summed E-state index contributed by atoms with van der Waals surface area (Å²) in [6.07, 6.45) is 0.642. The molecule has 0 saturated carbocycles. The van der Waals surface area contributed by atoms with Crippen LogP contribution in [0.5, 0.6) is 5.75 Å². The Kier molecular flexibility index (Phi) is 4.90. The van der Waals surface area contributed by atoms with Crippen molar-refractivity contribution in [3.63, 3.8) is 0 Å². The van der Waals surface area contributed by atoms with Gasteiger partial charge in [-0.25, -0.2) is 8.42 Å². The maximum Gasteiger partial charge on any atom is 0.311 e. The number of nitrogens with one attached hydrogen (secondary N) is 1. The summed E-state index contributed by atoms with van der Waals surface area (Å²) in [7, 11) is -3.10. The lowest BCUT2D eigenvalue weighted by Gasteiger charge is -2.16. The van der Waals surface area contributed by atoms with E-state index in [0.717, 1.165) is 0 Å². The van der Waals surface area contributed by atoms with Crippen molar-refractivity contribution in [3.8, 4) is 5.75 Å². The quantitative estimate of drug-likeness (QED) is 0.738. The van der Waals surface area contributed by atoms with Crippen LogP contribution in [0.4, 0.5) is 0 Å². The van der Waals surface area contributed by atoms with Gasteiger partial charge >= 0.3 is 5.97 Å². The van der Waals surface area contributed by atoms with Gasteiger partial charge in [-0.3, -0.25) is 9.59 Å². The van der Waals surface area contributed by atoms with Crippen molar-refractivity contribution in [3.05, 3.63) is 30.0 Å². The van der Waals surface area contributed by atoms with Gasteiger partial charge in [0.1, 0.15) is 11.3 Å². The zero-order valence-corrected chi connectivity index (χ0v) is 14.9.